The normalized spacial score (nSPS) is 17.4. The molecular weight excluding hydrogens is 258 g/mol. The lowest BCUT2D eigenvalue weighted by Gasteiger charge is -2.33. The number of nitrogens with one attached hydrogen (secondary N) is 1. The van der Waals surface area contributed by atoms with E-state index in [2.05, 4.69) is 12.2 Å². The van der Waals surface area contributed by atoms with E-state index in [0.717, 1.165) is 26.1 Å². The number of carbonyl (C=O) groups is 2. The summed E-state index contributed by atoms with van der Waals surface area (Å²) in [5, 5.41) is 11.7. The van der Waals surface area contributed by atoms with Gasteiger partial charge < -0.3 is 15.2 Å². The van der Waals surface area contributed by atoms with Gasteiger partial charge in [0.1, 0.15) is 0 Å². The molecule has 0 unspecified atom stereocenters. The first kappa shape index (κ1) is 14.5. The number of amides is 1. The molecule has 1 saturated heterocycles. The Morgan fingerprint density at radius 2 is 1.75 bits per heavy atom. The zero-order valence-corrected chi connectivity index (χ0v) is 11.5. The summed E-state index contributed by atoms with van der Waals surface area (Å²) in [5.41, 5.74) is 0.734. The molecule has 1 aromatic carbocycles. The summed E-state index contributed by atoms with van der Waals surface area (Å²) in [6.45, 7) is 4.22. The largest absolute Gasteiger partial charge is 0.478 e. The number of carboxylic acids is 1. The Balaban J connectivity index is 1.92. The van der Waals surface area contributed by atoms with Gasteiger partial charge in [-0.25, -0.2) is 4.79 Å². The van der Waals surface area contributed by atoms with Crippen molar-refractivity contribution < 1.29 is 19.4 Å². The molecule has 0 radical (unpaired) electrons. The minimum absolute atomic E-state index is 0.0783. The molecule has 0 saturated carbocycles. The quantitative estimate of drug-likeness (QED) is 0.881. The van der Waals surface area contributed by atoms with Crippen molar-refractivity contribution in [3.05, 3.63) is 35.4 Å². The molecule has 108 valence electrons. The van der Waals surface area contributed by atoms with Crippen molar-refractivity contribution in [3.8, 4) is 0 Å². The standard InChI is InChI=1S/C15H19NO4/c1-15(6-8-20-9-7-15)10-16-13(17)11-2-4-12(5-3-11)14(18)19/h2-5H,6-10H2,1H3,(H,16,17)(H,18,19). The van der Waals surface area contributed by atoms with Crippen molar-refractivity contribution >= 4 is 11.9 Å². The van der Waals surface area contributed by atoms with Crippen LogP contribution in [0.15, 0.2) is 24.3 Å². The summed E-state index contributed by atoms with van der Waals surface area (Å²) in [7, 11) is 0. The first-order valence-corrected chi connectivity index (χ1v) is 6.69. The van der Waals surface area contributed by atoms with Gasteiger partial charge in [-0.3, -0.25) is 4.79 Å². The Morgan fingerprint density at radius 3 is 2.30 bits per heavy atom. The molecule has 2 rings (SSSR count). The van der Waals surface area contributed by atoms with Crippen molar-refractivity contribution in [3.63, 3.8) is 0 Å². The average Bonchev–Trinajstić information content (AvgIpc) is 2.46. The van der Waals surface area contributed by atoms with Gasteiger partial charge in [0.2, 0.25) is 0 Å². The monoisotopic (exact) mass is 277 g/mol. The Bertz CT molecular complexity index is 489. The fraction of sp³-hybridized carbons (Fsp3) is 0.467. The Morgan fingerprint density at radius 1 is 1.20 bits per heavy atom. The molecule has 0 aromatic heterocycles. The minimum Gasteiger partial charge on any atom is -0.478 e. The maximum absolute atomic E-state index is 12.0. The highest BCUT2D eigenvalue weighted by Gasteiger charge is 2.27. The van der Waals surface area contributed by atoms with Crippen LogP contribution in [0.25, 0.3) is 0 Å². The molecule has 5 nitrogen and oxygen atoms in total. The molecule has 0 atom stereocenters. The first-order chi connectivity index (χ1) is 9.50. The number of benzene rings is 1. The van der Waals surface area contributed by atoms with E-state index in [1.165, 1.54) is 24.3 Å². The van der Waals surface area contributed by atoms with Crippen LogP contribution >= 0.6 is 0 Å². The van der Waals surface area contributed by atoms with Crippen LogP contribution in [0.5, 0.6) is 0 Å². The van der Waals surface area contributed by atoms with Crippen molar-refractivity contribution in [2.24, 2.45) is 5.41 Å². The third kappa shape index (κ3) is 3.57. The predicted molar refractivity (Wildman–Crippen MR) is 73.9 cm³/mol. The molecule has 0 bridgehead atoms. The zero-order valence-electron chi connectivity index (χ0n) is 11.5. The Labute approximate surface area is 117 Å². The van der Waals surface area contributed by atoms with E-state index in [1.54, 1.807) is 0 Å². The Kier molecular flexibility index (Phi) is 4.39. The highest BCUT2D eigenvalue weighted by molar-refractivity contribution is 5.95. The number of carbonyl (C=O) groups excluding carboxylic acids is 1. The molecule has 5 heteroatoms. The van der Waals surface area contributed by atoms with Crippen LogP contribution in [0.2, 0.25) is 0 Å². The lowest BCUT2D eigenvalue weighted by atomic mass is 9.82. The van der Waals surface area contributed by atoms with Crippen LogP contribution in [0.3, 0.4) is 0 Å². The van der Waals surface area contributed by atoms with Crippen molar-refractivity contribution in [2.45, 2.75) is 19.8 Å². The molecule has 1 aromatic rings. The average molecular weight is 277 g/mol. The second kappa shape index (κ2) is 6.05. The van der Waals surface area contributed by atoms with Crippen molar-refractivity contribution in [1.29, 1.82) is 0 Å². The summed E-state index contributed by atoms with van der Waals surface area (Å²) in [5.74, 6) is -1.17. The lowest BCUT2D eigenvalue weighted by Crippen LogP contribution is -2.39. The number of carboxylic acid groups (broad SMARTS) is 1. The van der Waals surface area contributed by atoms with Crippen LogP contribution in [-0.4, -0.2) is 36.7 Å². The summed E-state index contributed by atoms with van der Waals surface area (Å²) in [4.78, 5) is 22.8. The molecule has 1 fully saturated rings. The smallest absolute Gasteiger partial charge is 0.335 e. The van der Waals surface area contributed by atoms with Crippen LogP contribution in [-0.2, 0) is 4.74 Å². The van der Waals surface area contributed by atoms with Gasteiger partial charge in [-0.05, 0) is 42.5 Å². The van der Waals surface area contributed by atoms with Gasteiger partial charge in [-0.1, -0.05) is 6.92 Å². The number of aromatic carboxylic acids is 1. The molecular formula is C15H19NO4. The number of hydrogen-bond donors (Lipinski definition) is 2. The van der Waals surface area contributed by atoms with Crippen LogP contribution in [0, 0.1) is 5.41 Å². The summed E-state index contributed by atoms with van der Waals surface area (Å²) < 4.78 is 5.32. The van der Waals surface area contributed by atoms with Gasteiger partial charge in [0.05, 0.1) is 5.56 Å². The van der Waals surface area contributed by atoms with Gasteiger partial charge in [0, 0.05) is 25.3 Å². The number of rotatable bonds is 4. The molecule has 1 aliphatic rings. The molecule has 1 heterocycles. The summed E-state index contributed by atoms with van der Waals surface area (Å²) >= 11 is 0. The van der Waals surface area contributed by atoms with E-state index in [9.17, 15) is 9.59 Å². The molecule has 2 N–H and O–H groups in total. The summed E-state index contributed by atoms with van der Waals surface area (Å²) in [6, 6.07) is 5.94. The van der Waals surface area contributed by atoms with Crippen molar-refractivity contribution in [1.82, 2.24) is 5.32 Å². The van der Waals surface area contributed by atoms with E-state index in [4.69, 9.17) is 9.84 Å². The van der Waals surface area contributed by atoms with E-state index in [-0.39, 0.29) is 16.9 Å². The molecule has 1 aliphatic heterocycles. The molecule has 1 amide bonds. The van der Waals surface area contributed by atoms with Crippen molar-refractivity contribution in [2.75, 3.05) is 19.8 Å². The van der Waals surface area contributed by atoms with Gasteiger partial charge in [-0.2, -0.15) is 0 Å². The topological polar surface area (TPSA) is 75.6 Å². The van der Waals surface area contributed by atoms with Crippen LogP contribution in [0.1, 0.15) is 40.5 Å². The Hall–Kier alpha value is -1.88. The second-order valence-corrected chi connectivity index (χ2v) is 5.49. The minimum atomic E-state index is -0.994. The van der Waals surface area contributed by atoms with E-state index >= 15 is 0 Å². The van der Waals surface area contributed by atoms with Gasteiger partial charge in [-0.15, -0.1) is 0 Å². The highest BCUT2D eigenvalue weighted by atomic mass is 16.5. The number of ether oxygens (including phenoxy) is 1. The predicted octanol–water partition coefficient (Wildman–Crippen LogP) is 1.93. The maximum Gasteiger partial charge on any atom is 0.335 e. The third-order valence-electron chi connectivity index (χ3n) is 3.77. The van der Waals surface area contributed by atoms with Gasteiger partial charge >= 0.3 is 5.97 Å². The van der Waals surface area contributed by atoms with Crippen LogP contribution in [0.4, 0.5) is 0 Å². The number of hydrogen-bond acceptors (Lipinski definition) is 3. The summed E-state index contributed by atoms with van der Waals surface area (Å²) in [6.07, 6.45) is 1.87. The van der Waals surface area contributed by atoms with E-state index in [1.807, 2.05) is 0 Å². The molecule has 0 aliphatic carbocycles. The molecule has 0 spiro atoms. The molecule has 20 heavy (non-hydrogen) atoms. The fourth-order valence-corrected chi connectivity index (χ4v) is 2.20. The second-order valence-electron chi connectivity index (χ2n) is 5.49. The zero-order chi connectivity index (χ0) is 14.6. The fourth-order valence-electron chi connectivity index (χ4n) is 2.20. The van der Waals surface area contributed by atoms with E-state index < -0.39 is 5.97 Å². The highest BCUT2D eigenvalue weighted by Crippen LogP contribution is 2.28. The van der Waals surface area contributed by atoms with Crippen LogP contribution < -0.4 is 5.32 Å². The van der Waals surface area contributed by atoms with Gasteiger partial charge in [0.25, 0.3) is 5.91 Å². The lowest BCUT2D eigenvalue weighted by molar-refractivity contribution is 0.0238. The van der Waals surface area contributed by atoms with E-state index in [0.29, 0.717) is 12.1 Å². The first-order valence-electron chi connectivity index (χ1n) is 6.69. The SMILES string of the molecule is CC1(CNC(=O)c2ccc(C(=O)O)cc2)CCOCC1. The van der Waals surface area contributed by atoms with Gasteiger partial charge in [0.15, 0.2) is 0 Å². The third-order valence-corrected chi connectivity index (χ3v) is 3.77. The maximum atomic E-state index is 12.0.